The van der Waals surface area contributed by atoms with Crippen molar-refractivity contribution in [1.29, 1.82) is 0 Å². The van der Waals surface area contributed by atoms with E-state index < -0.39 is 24.9 Å². The molecule has 0 saturated carbocycles. The van der Waals surface area contributed by atoms with Crippen LogP contribution >= 0.6 is 24.0 Å². The molecule has 0 saturated heterocycles. The van der Waals surface area contributed by atoms with E-state index in [4.69, 9.17) is 20.4 Å². The standard InChI is InChI=1S/C6H15NO4.HI/c1-7-2-4(9)6(11)5(10)3-8;/h4-11H,2-3H2,1H3;1H. The van der Waals surface area contributed by atoms with Crippen LogP contribution in [0.4, 0.5) is 0 Å². The first-order valence-electron chi connectivity index (χ1n) is 3.43. The maximum Gasteiger partial charge on any atom is 0.109 e. The Morgan fingerprint density at radius 3 is 2.00 bits per heavy atom. The molecule has 6 heteroatoms. The van der Waals surface area contributed by atoms with E-state index in [0.717, 1.165) is 0 Å². The normalized spacial score (nSPS) is 17.8. The average molecular weight is 293 g/mol. The molecule has 3 atom stereocenters. The lowest BCUT2D eigenvalue weighted by Crippen LogP contribution is -2.43. The fourth-order valence-corrected chi connectivity index (χ4v) is 0.694. The van der Waals surface area contributed by atoms with Crippen molar-refractivity contribution in [1.82, 2.24) is 5.32 Å². The maximum absolute atomic E-state index is 9.04. The Labute approximate surface area is 88.4 Å². The van der Waals surface area contributed by atoms with Crippen molar-refractivity contribution in [3.05, 3.63) is 0 Å². The van der Waals surface area contributed by atoms with Crippen LogP contribution in [0.3, 0.4) is 0 Å². The number of nitrogens with one attached hydrogen (secondary N) is 1. The minimum atomic E-state index is -1.30. The summed E-state index contributed by atoms with van der Waals surface area (Å²) in [6.07, 6.45) is -3.63. The zero-order valence-corrected chi connectivity index (χ0v) is 9.17. The smallest absolute Gasteiger partial charge is 0.109 e. The highest BCUT2D eigenvalue weighted by Crippen LogP contribution is 1.98. The van der Waals surface area contributed by atoms with Gasteiger partial charge in [0.2, 0.25) is 0 Å². The van der Waals surface area contributed by atoms with Crippen molar-refractivity contribution in [2.75, 3.05) is 20.2 Å². The predicted octanol–water partition coefficient (Wildman–Crippen LogP) is -2.10. The fraction of sp³-hybridized carbons (Fsp3) is 1.00. The van der Waals surface area contributed by atoms with Crippen molar-refractivity contribution < 1.29 is 20.4 Å². The SMILES string of the molecule is CNCC(O)C(O)C(O)CO.I. The van der Waals surface area contributed by atoms with Gasteiger partial charge in [-0.05, 0) is 7.05 Å². The summed E-state index contributed by atoms with van der Waals surface area (Å²) in [5, 5.41) is 37.9. The molecule has 0 aromatic rings. The minimum Gasteiger partial charge on any atom is -0.394 e. The van der Waals surface area contributed by atoms with Gasteiger partial charge in [-0.2, -0.15) is 0 Å². The molecule has 0 spiro atoms. The largest absolute Gasteiger partial charge is 0.394 e. The van der Waals surface area contributed by atoms with Crippen LogP contribution in [-0.2, 0) is 0 Å². The molecule has 0 heterocycles. The Balaban J connectivity index is 0. The Bertz CT molecular complexity index is 106. The topological polar surface area (TPSA) is 93.0 Å². The quantitative estimate of drug-likeness (QED) is 0.374. The van der Waals surface area contributed by atoms with Gasteiger partial charge in [-0.1, -0.05) is 0 Å². The van der Waals surface area contributed by atoms with Crippen molar-refractivity contribution in [3.8, 4) is 0 Å². The van der Waals surface area contributed by atoms with Gasteiger partial charge in [0, 0.05) is 6.54 Å². The summed E-state index contributed by atoms with van der Waals surface area (Å²) in [4.78, 5) is 0. The molecule has 3 unspecified atom stereocenters. The second kappa shape index (κ2) is 8.14. The van der Waals surface area contributed by atoms with E-state index >= 15 is 0 Å². The van der Waals surface area contributed by atoms with Crippen molar-refractivity contribution in [2.45, 2.75) is 18.3 Å². The molecule has 12 heavy (non-hydrogen) atoms. The van der Waals surface area contributed by atoms with Gasteiger partial charge in [0.05, 0.1) is 12.7 Å². The summed E-state index contributed by atoms with van der Waals surface area (Å²) in [7, 11) is 1.61. The number of halogens is 1. The molecule has 0 aromatic heterocycles. The van der Waals surface area contributed by atoms with Gasteiger partial charge in [0.15, 0.2) is 0 Å². The summed E-state index contributed by atoms with van der Waals surface area (Å²) in [6.45, 7) is -0.375. The van der Waals surface area contributed by atoms with E-state index in [1.807, 2.05) is 0 Å². The van der Waals surface area contributed by atoms with Gasteiger partial charge in [0.25, 0.3) is 0 Å². The van der Waals surface area contributed by atoms with Crippen LogP contribution < -0.4 is 5.32 Å². The number of hydrogen-bond donors (Lipinski definition) is 5. The molecule has 0 amide bonds. The lowest BCUT2D eigenvalue weighted by Gasteiger charge is -2.20. The molecule has 0 rings (SSSR count). The number of likely N-dealkylation sites (N-methyl/N-ethyl adjacent to an activating group) is 1. The van der Waals surface area contributed by atoms with Gasteiger partial charge in [-0.15, -0.1) is 24.0 Å². The summed E-state index contributed by atoms with van der Waals surface area (Å²) in [5.41, 5.74) is 0. The van der Waals surface area contributed by atoms with Crippen LogP contribution in [0.5, 0.6) is 0 Å². The Kier molecular flexibility index (Phi) is 10.2. The molecule has 0 radical (unpaired) electrons. The lowest BCUT2D eigenvalue weighted by molar-refractivity contribution is -0.0745. The second-order valence-corrected chi connectivity index (χ2v) is 2.37. The molecule has 0 aliphatic heterocycles. The van der Waals surface area contributed by atoms with Crippen molar-refractivity contribution in [3.63, 3.8) is 0 Å². The number of hydrogen-bond acceptors (Lipinski definition) is 5. The zero-order chi connectivity index (χ0) is 8.85. The summed E-state index contributed by atoms with van der Waals surface area (Å²) >= 11 is 0. The average Bonchev–Trinajstić information content (AvgIpc) is 2.02. The fourth-order valence-electron chi connectivity index (χ4n) is 0.694. The number of aliphatic hydroxyl groups is 4. The van der Waals surface area contributed by atoms with Crippen LogP contribution in [0.1, 0.15) is 0 Å². The van der Waals surface area contributed by atoms with E-state index in [9.17, 15) is 0 Å². The van der Waals surface area contributed by atoms with E-state index in [1.165, 1.54) is 0 Å². The molecular weight excluding hydrogens is 277 g/mol. The highest BCUT2D eigenvalue weighted by molar-refractivity contribution is 14.0. The Morgan fingerprint density at radius 1 is 1.17 bits per heavy atom. The molecule has 0 aromatic carbocycles. The van der Waals surface area contributed by atoms with E-state index in [1.54, 1.807) is 7.05 Å². The van der Waals surface area contributed by atoms with Crippen LogP contribution in [0, 0.1) is 0 Å². The molecule has 76 valence electrons. The predicted molar refractivity (Wildman–Crippen MR) is 54.4 cm³/mol. The molecule has 0 aliphatic carbocycles. The zero-order valence-electron chi connectivity index (χ0n) is 6.84. The van der Waals surface area contributed by atoms with Gasteiger partial charge < -0.3 is 25.7 Å². The molecule has 0 aliphatic rings. The Morgan fingerprint density at radius 2 is 1.67 bits per heavy atom. The molecular formula is C6H16INO4. The van der Waals surface area contributed by atoms with Gasteiger partial charge in [0.1, 0.15) is 12.2 Å². The highest BCUT2D eigenvalue weighted by atomic mass is 127. The van der Waals surface area contributed by atoms with Crippen LogP contribution in [-0.4, -0.2) is 58.9 Å². The van der Waals surface area contributed by atoms with Crippen LogP contribution in [0.25, 0.3) is 0 Å². The molecule has 5 nitrogen and oxygen atoms in total. The summed E-state index contributed by atoms with van der Waals surface area (Å²) in [6, 6.07) is 0. The van der Waals surface area contributed by atoms with Gasteiger partial charge in [-0.25, -0.2) is 0 Å². The third-order valence-corrected chi connectivity index (χ3v) is 1.39. The van der Waals surface area contributed by atoms with Crippen molar-refractivity contribution >= 4 is 24.0 Å². The first-order chi connectivity index (χ1) is 5.13. The third-order valence-electron chi connectivity index (χ3n) is 1.39. The molecule has 0 fully saturated rings. The monoisotopic (exact) mass is 293 g/mol. The van der Waals surface area contributed by atoms with Gasteiger partial charge >= 0.3 is 0 Å². The van der Waals surface area contributed by atoms with E-state index in [-0.39, 0.29) is 30.5 Å². The van der Waals surface area contributed by atoms with E-state index in [2.05, 4.69) is 5.32 Å². The second-order valence-electron chi connectivity index (χ2n) is 2.37. The maximum atomic E-state index is 9.04. The lowest BCUT2D eigenvalue weighted by atomic mass is 10.1. The van der Waals surface area contributed by atoms with E-state index in [0.29, 0.717) is 0 Å². The molecule has 0 bridgehead atoms. The highest BCUT2D eigenvalue weighted by Gasteiger charge is 2.22. The Hall–Kier alpha value is 0.530. The van der Waals surface area contributed by atoms with Crippen LogP contribution in [0.2, 0.25) is 0 Å². The minimum absolute atomic E-state index is 0. The third kappa shape index (κ3) is 5.22. The van der Waals surface area contributed by atoms with Crippen LogP contribution in [0.15, 0.2) is 0 Å². The molecule has 5 N–H and O–H groups in total. The first kappa shape index (κ1) is 15.0. The number of rotatable bonds is 5. The van der Waals surface area contributed by atoms with Gasteiger partial charge in [-0.3, -0.25) is 0 Å². The first-order valence-corrected chi connectivity index (χ1v) is 3.43. The summed E-state index contributed by atoms with van der Waals surface area (Å²) in [5.74, 6) is 0. The van der Waals surface area contributed by atoms with Crippen molar-refractivity contribution in [2.24, 2.45) is 0 Å². The number of aliphatic hydroxyl groups excluding tert-OH is 4. The summed E-state index contributed by atoms with van der Waals surface area (Å²) < 4.78 is 0.